The molecule has 0 atom stereocenters. The number of nitrogens with one attached hydrogen (secondary N) is 1. The summed E-state index contributed by atoms with van der Waals surface area (Å²) in [6.07, 6.45) is 0. The lowest BCUT2D eigenvalue weighted by Crippen LogP contribution is -1.89. The van der Waals surface area contributed by atoms with E-state index in [1.165, 1.54) is 0 Å². The Bertz CT molecular complexity index is 789. The van der Waals surface area contributed by atoms with Crippen molar-refractivity contribution in [2.24, 2.45) is 0 Å². The molecule has 0 radical (unpaired) electrons. The van der Waals surface area contributed by atoms with Crippen LogP contribution in [0, 0.1) is 19.7 Å². The number of hydrogen-bond donors (Lipinski definition) is 1. The van der Waals surface area contributed by atoms with Gasteiger partial charge in [0.15, 0.2) is 5.82 Å². The lowest BCUT2D eigenvalue weighted by molar-refractivity contribution is 0.414. The summed E-state index contributed by atoms with van der Waals surface area (Å²) in [4.78, 5) is 3.17. The molecular weight excluding hydrogens is 253 g/mol. The smallest absolute Gasteiger partial charge is 0.156 e. The molecule has 2 nitrogen and oxygen atoms in total. The summed E-state index contributed by atoms with van der Waals surface area (Å²) < 4.78 is 19.8. The summed E-state index contributed by atoms with van der Waals surface area (Å²) in [6.45, 7) is 3.91. The van der Waals surface area contributed by atoms with Gasteiger partial charge in [-0.05, 0) is 49.7 Å². The molecule has 0 amide bonds. The summed E-state index contributed by atoms with van der Waals surface area (Å²) in [5, 5.41) is 0.634. The highest BCUT2D eigenvalue weighted by Gasteiger charge is 2.15. The molecule has 2 aromatic carbocycles. The Morgan fingerprint density at radius 2 is 1.85 bits per heavy atom. The van der Waals surface area contributed by atoms with Gasteiger partial charge in [-0.25, -0.2) is 4.39 Å². The Balaban J connectivity index is 2.22. The van der Waals surface area contributed by atoms with E-state index in [1.807, 2.05) is 50.2 Å². The van der Waals surface area contributed by atoms with Crippen molar-refractivity contribution < 1.29 is 9.13 Å². The highest BCUT2D eigenvalue weighted by Crippen LogP contribution is 2.32. The van der Waals surface area contributed by atoms with E-state index in [0.717, 1.165) is 28.0 Å². The van der Waals surface area contributed by atoms with Crippen LogP contribution >= 0.6 is 0 Å². The van der Waals surface area contributed by atoms with E-state index < -0.39 is 0 Å². The molecule has 0 saturated heterocycles. The van der Waals surface area contributed by atoms with Crippen LogP contribution in [0.15, 0.2) is 36.4 Å². The van der Waals surface area contributed by atoms with Crippen LogP contribution in [0.5, 0.6) is 5.75 Å². The van der Waals surface area contributed by atoms with Crippen molar-refractivity contribution in [1.82, 2.24) is 4.98 Å². The predicted octanol–water partition coefficient (Wildman–Crippen LogP) is 4.60. The van der Waals surface area contributed by atoms with Crippen molar-refractivity contribution in [2.45, 2.75) is 13.8 Å². The number of ether oxygens (including phenoxy) is 1. The summed E-state index contributed by atoms with van der Waals surface area (Å²) in [6, 6.07) is 11.4. The first kappa shape index (κ1) is 12.7. The minimum atomic E-state index is -0.197. The molecule has 0 spiro atoms. The molecule has 102 valence electrons. The first-order chi connectivity index (χ1) is 9.60. The molecule has 3 rings (SSSR count). The average Bonchev–Trinajstić information content (AvgIpc) is 2.76. The van der Waals surface area contributed by atoms with Crippen LogP contribution in [0.1, 0.15) is 11.1 Å². The quantitative estimate of drug-likeness (QED) is 0.722. The fraction of sp³-hybridized carbons (Fsp3) is 0.176. The van der Waals surface area contributed by atoms with E-state index in [2.05, 4.69) is 4.98 Å². The van der Waals surface area contributed by atoms with Gasteiger partial charge >= 0.3 is 0 Å². The van der Waals surface area contributed by atoms with Gasteiger partial charge in [-0.1, -0.05) is 11.6 Å². The molecule has 20 heavy (non-hydrogen) atoms. The Morgan fingerprint density at radius 1 is 1.05 bits per heavy atom. The Labute approximate surface area is 117 Å². The van der Waals surface area contributed by atoms with Crippen LogP contribution in [0.25, 0.3) is 22.2 Å². The number of halogens is 1. The van der Waals surface area contributed by atoms with Crippen molar-refractivity contribution in [1.29, 1.82) is 0 Å². The second-order valence-corrected chi connectivity index (χ2v) is 5.04. The van der Waals surface area contributed by atoms with Crippen molar-refractivity contribution in [3.63, 3.8) is 0 Å². The maximum Gasteiger partial charge on any atom is 0.156 e. The molecule has 1 aromatic heterocycles. The SMILES string of the molecule is COc1ccc(-c2[nH]c3ccc(C)cc3c2F)c(C)c1. The maximum absolute atomic E-state index is 14.6. The second-order valence-electron chi connectivity index (χ2n) is 5.04. The molecule has 0 bridgehead atoms. The zero-order valence-electron chi connectivity index (χ0n) is 11.8. The first-order valence-corrected chi connectivity index (χ1v) is 6.53. The number of rotatable bonds is 2. The van der Waals surface area contributed by atoms with Gasteiger partial charge in [-0.15, -0.1) is 0 Å². The van der Waals surface area contributed by atoms with Crippen LogP contribution < -0.4 is 4.74 Å². The molecule has 0 unspecified atom stereocenters. The van der Waals surface area contributed by atoms with Gasteiger partial charge in [0.05, 0.1) is 12.8 Å². The number of hydrogen-bond acceptors (Lipinski definition) is 1. The summed E-state index contributed by atoms with van der Waals surface area (Å²) in [5.74, 6) is 0.579. The van der Waals surface area contributed by atoms with Gasteiger partial charge in [-0.3, -0.25) is 0 Å². The lowest BCUT2D eigenvalue weighted by Gasteiger charge is -2.06. The molecule has 0 saturated carbocycles. The normalized spacial score (nSPS) is 11.0. The third-order valence-corrected chi connectivity index (χ3v) is 3.59. The summed E-state index contributed by atoms with van der Waals surface area (Å²) in [7, 11) is 1.63. The van der Waals surface area contributed by atoms with Gasteiger partial charge < -0.3 is 9.72 Å². The molecule has 3 heteroatoms. The van der Waals surface area contributed by atoms with Gasteiger partial charge in [0.2, 0.25) is 0 Å². The van der Waals surface area contributed by atoms with Gasteiger partial charge in [0.25, 0.3) is 0 Å². The number of aromatic amines is 1. The van der Waals surface area contributed by atoms with Crippen LogP contribution in [0.3, 0.4) is 0 Å². The van der Waals surface area contributed by atoms with Crippen LogP contribution in [-0.4, -0.2) is 12.1 Å². The lowest BCUT2D eigenvalue weighted by atomic mass is 10.0. The van der Waals surface area contributed by atoms with Crippen molar-refractivity contribution in [2.75, 3.05) is 7.11 Å². The Hall–Kier alpha value is -2.29. The highest BCUT2D eigenvalue weighted by molar-refractivity contribution is 5.88. The first-order valence-electron chi connectivity index (χ1n) is 6.53. The van der Waals surface area contributed by atoms with E-state index in [0.29, 0.717) is 11.1 Å². The minimum absolute atomic E-state index is 0.197. The molecule has 0 aliphatic heterocycles. The minimum Gasteiger partial charge on any atom is -0.497 e. The number of aryl methyl sites for hydroxylation is 2. The fourth-order valence-electron chi connectivity index (χ4n) is 2.50. The third kappa shape index (κ3) is 1.95. The zero-order chi connectivity index (χ0) is 14.3. The third-order valence-electron chi connectivity index (χ3n) is 3.59. The highest BCUT2D eigenvalue weighted by atomic mass is 19.1. The van der Waals surface area contributed by atoms with Gasteiger partial charge in [0.1, 0.15) is 5.75 Å². The maximum atomic E-state index is 14.6. The van der Waals surface area contributed by atoms with E-state index >= 15 is 0 Å². The molecule has 1 N–H and O–H groups in total. The second kappa shape index (κ2) is 4.67. The topological polar surface area (TPSA) is 25.0 Å². The van der Waals surface area contributed by atoms with Crippen molar-refractivity contribution in [3.05, 3.63) is 53.3 Å². The number of methoxy groups -OCH3 is 1. The van der Waals surface area contributed by atoms with E-state index in [1.54, 1.807) is 7.11 Å². The number of H-pyrrole nitrogens is 1. The van der Waals surface area contributed by atoms with E-state index in [-0.39, 0.29) is 5.82 Å². The van der Waals surface area contributed by atoms with E-state index in [4.69, 9.17) is 4.74 Å². The number of fused-ring (bicyclic) bond motifs is 1. The largest absolute Gasteiger partial charge is 0.497 e. The van der Waals surface area contributed by atoms with E-state index in [9.17, 15) is 4.39 Å². The molecular formula is C17H16FNO. The summed E-state index contributed by atoms with van der Waals surface area (Å²) >= 11 is 0. The number of aromatic nitrogens is 1. The predicted molar refractivity (Wildman–Crippen MR) is 79.7 cm³/mol. The van der Waals surface area contributed by atoms with Crippen molar-refractivity contribution in [3.8, 4) is 17.0 Å². The monoisotopic (exact) mass is 269 g/mol. The standard InChI is InChI=1S/C17H16FNO/c1-10-4-7-15-14(8-10)16(18)17(19-15)13-6-5-12(20-3)9-11(13)2/h4-9,19H,1-3H3. The molecule has 1 heterocycles. The Kier molecular flexibility index (Phi) is 2.97. The molecule has 0 aliphatic carbocycles. The van der Waals surface area contributed by atoms with Crippen molar-refractivity contribution >= 4 is 10.9 Å². The molecule has 3 aromatic rings. The fourth-order valence-corrected chi connectivity index (χ4v) is 2.50. The van der Waals surface area contributed by atoms with Gasteiger partial charge in [-0.2, -0.15) is 0 Å². The van der Waals surface area contributed by atoms with Crippen LogP contribution in [-0.2, 0) is 0 Å². The average molecular weight is 269 g/mol. The number of benzene rings is 2. The van der Waals surface area contributed by atoms with Crippen LogP contribution in [0.4, 0.5) is 4.39 Å². The molecule has 0 fully saturated rings. The van der Waals surface area contributed by atoms with Crippen LogP contribution in [0.2, 0.25) is 0 Å². The Morgan fingerprint density at radius 3 is 2.55 bits per heavy atom. The molecule has 0 aliphatic rings. The van der Waals surface area contributed by atoms with Gasteiger partial charge in [0, 0.05) is 16.5 Å². The summed E-state index contributed by atoms with van der Waals surface area (Å²) in [5.41, 5.74) is 4.24. The zero-order valence-corrected chi connectivity index (χ0v) is 11.8.